The molecule has 1 aliphatic rings. The Morgan fingerprint density at radius 1 is 1.54 bits per heavy atom. The van der Waals surface area contributed by atoms with E-state index in [-0.39, 0.29) is 30.3 Å². The van der Waals surface area contributed by atoms with Crippen LogP contribution < -0.4 is 0 Å². The van der Waals surface area contributed by atoms with Crippen molar-refractivity contribution < 1.29 is 14.6 Å². The van der Waals surface area contributed by atoms with E-state index in [0.717, 1.165) is 0 Å². The first-order chi connectivity index (χ1) is 5.88. The van der Waals surface area contributed by atoms with Crippen LogP contribution in [0.1, 0.15) is 20.8 Å². The molecule has 4 nitrogen and oxygen atoms in total. The summed E-state index contributed by atoms with van der Waals surface area (Å²) in [5.74, 6) is 0. The van der Waals surface area contributed by atoms with Crippen LogP contribution in [0, 0.1) is 5.41 Å². The molecule has 0 bridgehead atoms. The smallest absolute Gasteiger partial charge is 0.410 e. The van der Waals surface area contributed by atoms with Crippen molar-refractivity contribution in [2.75, 3.05) is 13.7 Å². The molecular formula is C9H17NO3. The molecule has 0 aromatic rings. The zero-order chi connectivity index (χ0) is 10.2. The summed E-state index contributed by atoms with van der Waals surface area (Å²) < 4.78 is 5.17. The van der Waals surface area contributed by atoms with Gasteiger partial charge in [-0.2, -0.15) is 0 Å². The SMILES string of the molecule is CN1C(=O)OC(C(C)(C)C)C1CO. The summed E-state index contributed by atoms with van der Waals surface area (Å²) in [5, 5.41) is 9.11. The van der Waals surface area contributed by atoms with Gasteiger partial charge in [0.15, 0.2) is 0 Å². The fourth-order valence-electron chi connectivity index (χ4n) is 1.58. The van der Waals surface area contributed by atoms with Crippen LogP contribution in [0.15, 0.2) is 0 Å². The Balaban J connectivity index is 2.83. The minimum absolute atomic E-state index is 0.0514. The number of likely N-dealkylation sites (N-methyl/N-ethyl adjacent to an activating group) is 1. The lowest BCUT2D eigenvalue weighted by Crippen LogP contribution is -2.42. The fraction of sp³-hybridized carbons (Fsp3) is 0.889. The topological polar surface area (TPSA) is 49.8 Å². The average Bonchev–Trinajstić information content (AvgIpc) is 2.28. The molecule has 0 aromatic heterocycles. The van der Waals surface area contributed by atoms with Crippen LogP contribution in [0.2, 0.25) is 0 Å². The quantitative estimate of drug-likeness (QED) is 0.662. The molecule has 4 heteroatoms. The number of aliphatic hydroxyl groups excluding tert-OH is 1. The summed E-state index contributed by atoms with van der Waals surface area (Å²) in [4.78, 5) is 12.6. The number of rotatable bonds is 1. The van der Waals surface area contributed by atoms with Crippen LogP contribution in [0.3, 0.4) is 0 Å². The van der Waals surface area contributed by atoms with Gasteiger partial charge in [0.1, 0.15) is 6.10 Å². The van der Waals surface area contributed by atoms with Gasteiger partial charge in [-0.05, 0) is 0 Å². The third kappa shape index (κ3) is 1.77. The first-order valence-electron chi connectivity index (χ1n) is 4.42. The van der Waals surface area contributed by atoms with E-state index in [9.17, 15) is 4.79 Å². The molecule has 1 N–H and O–H groups in total. The molecule has 1 saturated heterocycles. The van der Waals surface area contributed by atoms with Crippen molar-refractivity contribution in [1.29, 1.82) is 0 Å². The number of hydrogen-bond acceptors (Lipinski definition) is 3. The first-order valence-corrected chi connectivity index (χ1v) is 4.42. The van der Waals surface area contributed by atoms with Crippen molar-refractivity contribution in [2.24, 2.45) is 5.41 Å². The van der Waals surface area contributed by atoms with Crippen molar-refractivity contribution in [3.05, 3.63) is 0 Å². The molecule has 0 spiro atoms. The zero-order valence-corrected chi connectivity index (χ0v) is 8.57. The molecule has 1 heterocycles. The highest BCUT2D eigenvalue weighted by Crippen LogP contribution is 2.31. The lowest BCUT2D eigenvalue weighted by atomic mass is 9.85. The molecule has 1 rings (SSSR count). The number of amides is 1. The predicted octanol–water partition coefficient (Wildman–Crippen LogP) is 0.844. The van der Waals surface area contributed by atoms with Gasteiger partial charge in [0.2, 0.25) is 0 Å². The molecule has 0 aliphatic carbocycles. The van der Waals surface area contributed by atoms with Crippen molar-refractivity contribution >= 4 is 6.09 Å². The monoisotopic (exact) mass is 187 g/mol. The summed E-state index contributed by atoms with van der Waals surface area (Å²) in [6, 6.07) is -0.215. The lowest BCUT2D eigenvalue weighted by molar-refractivity contribution is 0.0401. The Hall–Kier alpha value is -0.770. The zero-order valence-electron chi connectivity index (χ0n) is 8.57. The van der Waals surface area contributed by atoms with Gasteiger partial charge in [0, 0.05) is 12.5 Å². The molecule has 1 fully saturated rings. The van der Waals surface area contributed by atoms with Crippen LogP contribution in [-0.2, 0) is 4.74 Å². The predicted molar refractivity (Wildman–Crippen MR) is 48.4 cm³/mol. The number of hydrogen-bond donors (Lipinski definition) is 1. The van der Waals surface area contributed by atoms with Crippen molar-refractivity contribution in [1.82, 2.24) is 4.90 Å². The Bertz CT molecular complexity index is 209. The average molecular weight is 187 g/mol. The number of carbonyl (C=O) groups is 1. The van der Waals surface area contributed by atoms with Gasteiger partial charge in [-0.25, -0.2) is 4.79 Å². The van der Waals surface area contributed by atoms with E-state index < -0.39 is 0 Å². The van der Waals surface area contributed by atoms with Crippen LogP contribution in [-0.4, -0.2) is 41.9 Å². The molecule has 2 unspecified atom stereocenters. The van der Waals surface area contributed by atoms with E-state index in [0.29, 0.717) is 0 Å². The standard InChI is InChI=1S/C9H17NO3/c1-9(2,3)7-6(5-11)10(4)8(12)13-7/h6-7,11H,5H2,1-4H3. The third-order valence-electron chi connectivity index (χ3n) is 2.40. The maximum absolute atomic E-state index is 11.2. The van der Waals surface area contributed by atoms with Gasteiger partial charge in [0.25, 0.3) is 0 Å². The van der Waals surface area contributed by atoms with E-state index in [1.165, 1.54) is 4.90 Å². The number of ether oxygens (including phenoxy) is 1. The van der Waals surface area contributed by atoms with E-state index in [1.807, 2.05) is 20.8 Å². The highest BCUT2D eigenvalue weighted by molar-refractivity contribution is 5.70. The largest absolute Gasteiger partial charge is 0.443 e. The fourth-order valence-corrected chi connectivity index (χ4v) is 1.58. The molecule has 0 aromatic carbocycles. The molecule has 13 heavy (non-hydrogen) atoms. The lowest BCUT2D eigenvalue weighted by Gasteiger charge is -2.29. The van der Waals surface area contributed by atoms with Gasteiger partial charge in [-0.3, -0.25) is 0 Å². The molecular weight excluding hydrogens is 170 g/mol. The van der Waals surface area contributed by atoms with Gasteiger partial charge in [-0.1, -0.05) is 20.8 Å². The van der Waals surface area contributed by atoms with Gasteiger partial charge >= 0.3 is 6.09 Å². The normalized spacial score (nSPS) is 29.3. The number of carbonyl (C=O) groups excluding carboxylic acids is 1. The highest BCUT2D eigenvalue weighted by Gasteiger charge is 2.45. The maximum Gasteiger partial charge on any atom is 0.410 e. The Kier molecular flexibility index (Phi) is 2.52. The minimum Gasteiger partial charge on any atom is -0.443 e. The van der Waals surface area contributed by atoms with E-state index in [4.69, 9.17) is 9.84 Å². The summed E-state index contributed by atoms with van der Waals surface area (Å²) in [6.45, 7) is 5.93. The van der Waals surface area contributed by atoms with E-state index in [1.54, 1.807) is 7.05 Å². The molecule has 0 radical (unpaired) electrons. The van der Waals surface area contributed by atoms with Gasteiger partial charge in [-0.15, -0.1) is 0 Å². The number of aliphatic hydroxyl groups is 1. The van der Waals surface area contributed by atoms with Crippen molar-refractivity contribution in [2.45, 2.75) is 32.9 Å². The Labute approximate surface area is 78.5 Å². The van der Waals surface area contributed by atoms with Crippen LogP contribution in [0.4, 0.5) is 4.79 Å². The summed E-state index contributed by atoms with van der Waals surface area (Å²) in [6.07, 6.45) is -0.575. The van der Waals surface area contributed by atoms with Gasteiger partial charge < -0.3 is 14.7 Å². The summed E-state index contributed by atoms with van der Waals surface area (Å²) >= 11 is 0. The minimum atomic E-state index is -0.348. The molecule has 0 saturated carbocycles. The van der Waals surface area contributed by atoms with E-state index in [2.05, 4.69) is 0 Å². The third-order valence-corrected chi connectivity index (χ3v) is 2.40. The number of cyclic esters (lactones) is 1. The van der Waals surface area contributed by atoms with Crippen LogP contribution in [0.5, 0.6) is 0 Å². The molecule has 76 valence electrons. The Morgan fingerprint density at radius 3 is 2.38 bits per heavy atom. The van der Waals surface area contributed by atoms with Crippen molar-refractivity contribution in [3.8, 4) is 0 Å². The Morgan fingerprint density at radius 2 is 2.08 bits per heavy atom. The summed E-state index contributed by atoms with van der Waals surface area (Å²) in [5.41, 5.74) is -0.131. The second kappa shape index (κ2) is 3.18. The van der Waals surface area contributed by atoms with Crippen molar-refractivity contribution in [3.63, 3.8) is 0 Å². The van der Waals surface area contributed by atoms with Crippen LogP contribution in [0.25, 0.3) is 0 Å². The van der Waals surface area contributed by atoms with Crippen LogP contribution >= 0.6 is 0 Å². The second-order valence-electron chi connectivity index (χ2n) is 4.53. The molecule has 1 amide bonds. The van der Waals surface area contributed by atoms with E-state index >= 15 is 0 Å². The first kappa shape index (κ1) is 10.3. The second-order valence-corrected chi connectivity index (χ2v) is 4.53. The highest BCUT2D eigenvalue weighted by atomic mass is 16.6. The molecule has 1 aliphatic heterocycles. The van der Waals surface area contributed by atoms with Gasteiger partial charge in [0.05, 0.1) is 12.6 Å². The summed E-state index contributed by atoms with van der Waals surface area (Å²) in [7, 11) is 1.65. The number of nitrogens with zero attached hydrogens (tertiary/aromatic N) is 1. The maximum atomic E-state index is 11.2. The molecule has 2 atom stereocenters.